The largest absolute Gasteiger partial charge is 0.490 e. The average Bonchev–Trinajstić information content (AvgIpc) is 2.03. The van der Waals surface area contributed by atoms with Crippen molar-refractivity contribution < 1.29 is 14.8 Å². The quantitative estimate of drug-likeness (QED) is 0.346. The Hall–Kier alpha value is -1.40. The van der Waals surface area contributed by atoms with Crippen LogP contribution >= 0.6 is 0 Å². The highest BCUT2D eigenvalue weighted by atomic mass is 16.4. The highest BCUT2D eigenvalue weighted by molar-refractivity contribution is 6.59. The maximum absolute atomic E-state index is 10.6. The number of rotatable bonds is 2. The Labute approximate surface area is 67.8 Å². The van der Waals surface area contributed by atoms with Crippen LogP contribution in [0.3, 0.4) is 0 Å². The smallest absolute Gasteiger partial charge is 0.423 e. The highest BCUT2D eigenvalue weighted by Gasteiger charge is 2.15. The summed E-state index contributed by atoms with van der Waals surface area (Å²) in [6.45, 7) is 0. The Morgan fingerprint density at radius 3 is 2.58 bits per heavy atom. The van der Waals surface area contributed by atoms with Crippen LogP contribution in [0.15, 0.2) is 16.9 Å². The summed E-state index contributed by atoms with van der Waals surface area (Å²) >= 11 is 0. The van der Waals surface area contributed by atoms with Crippen LogP contribution in [0.25, 0.3) is 0 Å². The van der Waals surface area contributed by atoms with Crippen molar-refractivity contribution in [2.75, 3.05) is 0 Å². The predicted octanol–water partition coefficient (Wildman–Crippen LogP) is -2.13. The minimum Gasteiger partial charge on any atom is -0.423 e. The molecule has 0 bridgehead atoms. The van der Waals surface area contributed by atoms with Gasteiger partial charge in [0.25, 0.3) is 0 Å². The number of nitrogens with one attached hydrogen (secondary N) is 1. The number of aromatic amines is 1. The lowest BCUT2D eigenvalue weighted by Crippen LogP contribution is -2.35. The predicted molar refractivity (Wildman–Crippen MR) is 42.3 cm³/mol. The minimum atomic E-state index is -1.75. The second kappa shape index (κ2) is 3.33. The molecule has 0 radical (unpaired) electrons. The molecule has 3 N–H and O–H groups in total. The number of carbonyl (C=O) groups is 1. The third-order valence-corrected chi connectivity index (χ3v) is 1.38. The lowest BCUT2D eigenvalue weighted by molar-refractivity contribution is 0.111. The molecule has 0 atom stereocenters. The van der Waals surface area contributed by atoms with Gasteiger partial charge in [-0.25, -0.2) is 0 Å². The third kappa shape index (κ3) is 1.61. The van der Waals surface area contributed by atoms with E-state index in [0.717, 1.165) is 6.07 Å². The number of hydrogen-bond acceptors (Lipinski definition) is 4. The number of pyridine rings is 1. The lowest BCUT2D eigenvalue weighted by atomic mass is 9.79. The first kappa shape index (κ1) is 8.70. The maximum atomic E-state index is 10.6. The fourth-order valence-electron chi connectivity index (χ4n) is 0.824. The standard InChI is InChI=1S/C6H6BNO4/c9-3-5-4(7(11)12)1-2-6(10)8-5/h1-3,11-12H,(H,8,10). The summed E-state index contributed by atoms with van der Waals surface area (Å²) in [5.41, 5.74) is -0.580. The molecule has 0 aliphatic carbocycles. The molecule has 5 nitrogen and oxygen atoms in total. The summed E-state index contributed by atoms with van der Waals surface area (Å²) in [4.78, 5) is 23.1. The van der Waals surface area contributed by atoms with Gasteiger partial charge in [0, 0.05) is 11.5 Å². The Kier molecular flexibility index (Phi) is 2.42. The second-order valence-corrected chi connectivity index (χ2v) is 2.18. The molecular weight excluding hydrogens is 161 g/mol. The van der Waals surface area contributed by atoms with Crippen molar-refractivity contribution >= 4 is 18.9 Å². The summed E-state index contributed by atoms with van der Waals surface area (Å²) < 4.78 is 0. The Morgan fingerprint density at radius 2 is 2.08 bits per heavy atom. The van der Waals surface area contributed by atoms with E-state index in [2.05, 4.69) is 4.98 Å². The van der Waals surface area contributed by atoms with E-state index in [9.17, 15) is 9.59 Å². The molecule has 0 aromatic carbocycles. The van der Waals surface area contributed by atoms with Gasteiger partial charge in [-0.2, -0.15) is 0 Å². The Morgan fingerprint density at radius 1 is 1.42 bits per heavy atom. The van der Waals surface area contributed by atoms with Gasteiger partial charge in [0.15, 0.2) is 6.29 Å². The molecule has 0 unspecified atom stereocenters. The topological polar surface area (TPSA) is 90.4 Å². The zero-order chi connectivity index (χ0) is 9.14. The Balaban J connectivity index is 3.29. The average molecular weight is 167 g/mol. The first-order valence-corrected chi connectivity index (χ1v) is 3.19. The van der Waals surface area contributed by atoms with Gasteiger partial charge in [-0.05, 0) is 0 Å². The van der Waals surface area contributed by atoms with Crippen LogP contribution in [0.1, 0.15) is 10.5 Å². The van der Waals surface area contributed by atoms with Crippen molar-refractivity contribution in [1.29, 1.82) is 0 Å². The maximum Gasteiger partial charge on any atom is 0.490 e. The number of aldehydes is 1. The van der Waals surface area contributed by atoms with E-state index in [1.54, 1.807) is 0 Å². The van der Waals surface area contributed by atoms with Crippen molar-refractivity contribution in [3.63, 3.8) is 0 Å². The molecule has 6 heteroatoms. The molecule has 0 aliphatic rings. The van der Waals surface area contributed by atoms with Gasteiger partial charge in [-0.15, -0.1) is 0 Å². The van der Waals surface area contributed by atoms with E-state index in [1.165, 1.54) is 6.07 Å². The molecule has 0 aliphatic heterocycles. The number of aromatic nitrogens is 1. The number of carbonyl (C=O) groups excluding carboxylic acids is 1. The van der Waals surface area contributed by atoms with Gasteiger partial charge in [-0.1, -0.05) is 6.07 Å². The lowest BCUT2D eigenvalue weighted by Gasteiger charge is -2.00. The second-order valence-electron chi connectivity index (χ2n) is 2.18. The molecule has 1 rings (SSSR count). The first-order valence-electron chi connectivity index (χ1n) is 3.19. The van der Waals surface area contributed by atoms with Crippen LogP contribution in [0.4, 0.5) is 0 Å². The molecule has 0 spiro atoms. The number of hydrogen-bond donors (Lipinski definition) is 3. The zero-order valence-electron chi connectivity index (χ0n) is 6.02. The summed E-state index contributed by atoms with van der Waals surface area (Å²) in [5, 5.41) is 17.4. The molecule has 0 fully saturated rings. The normalized spacial score (nSPS) is 9.50. The SMILES string of the molecule is O=Cc1[nH]c(=O)ccc1B(O)O. The van der Waals surface area contributed by atoms with Crippen LogP contribution in [0, 0.1) is 0 Å². The molecule has 62 valence electrons. The molecular formula is C6H6BNO4. The fraction of sp³-hybridized carbons (Fsp3) is 0. The molecule has 12 heavy (non-hydrogen) atoms. The Bertz CT molecular complexity index is 346. The van der Waals surface area contributed by atoms with Crippen molar-refractivity contribution in [3.8, 4) is 0 Å². The summed E-state index contributed by atoms with van der Waals surface area (Å²) in [7, 11) is -1.75. The van der Waals surface area contributed by atoms with Gasteiger partial charge in [0.05, 0.1) is 5.69 Å². The molecule has 0 amide bonds. The summed E-state index contributed by atoms with van der Waals surface area (Å²) in [6.07, 6.45) is 0.357. The van der Waals surface area contributed by atoms with Crippen LogP contribution in [0.5, 0.6) is 0 Å². The molecule has 1 heterocycles. The van der Waals surface area contributed by atoms with Crippen molar-refractivity contribution in [2.45, 2.75) is 0 Å². The zero-order valence-corrected chi connectivity index (χ0v) is 6.02. The summed E-state index contributed by atoms with van der Waals surface area (Å²) in [5.74, 6) is 0. The monoisotopic (exact) mass is 167 g/mol. The molecule has 0 saturated carbocycles. The van der Waals surface area contributed by atoms with E-state index < -0.39 is 12.7 Å². The third-order valence-electron chi connectivity index (χ3n) is 1.38. The summed E-state index contributed by atoms with van der Waals surface area (Å²) in [6, 6.07) is 2.30. The van der Waals surface area contributed by atoms with Crippen molar-refractivity contribution in [1.82, 2.24) is 4.98 Å². The first-order chi connectivity index (χ1) is 5.65. The minimum absolute atomic E-state index is 0.00963. The number of H-pyrrole nitrogens is 1. The molecule has 0 saturated heterocycles. The van der Waals surface area contributed by atoms with Crippen LogP contribution in [-0.4, -0.2) is 28.4 Å². The van der Waals surface area contributed by atoms with Gasteiger partial charge in [0.2, 0.25) is 5.56 Å². The van der Waals surface area contributed by atoms with Crippen molar-refractivity contribution in [2.24, 2.45) is 0 Å². The van der Waals surface area contributed by atoms with Crippen LogP contribution < -0.4 is 11.0 Å². The van der Waals surface area contributed by atoms with E-state index in [0.29, 0.717) is 6.29 Å². The molecule has 1 aromatic heterocycles. The van der Waals surface area contributed by atoms with Crippen molar-refractivity contribution in [3.05, 3.63) is 28.2 Å². The van der Waals surface area contributed by atoms with Gasteiger partial charge < -0.3 is 15.0 Å². The fourth-order valence-corrected chi connectivity index (χ4v) is 0.824. The van der Waals surface area contributed by atoms with Gasteiger partial charge in [-0.3, -0.25) is 9.59 Å². The van der Waals surface area contributed by atoms with E-state index >= 15 is 0 Å². The van der Waals surface area contributed by atoms with Gasteiger partial charge in [0.1, 0.15) is 0 Å². The van der Waals surface area contributed by atoms with E-state index in [4.69, 9.17) is 10.0 Å². The highest BCUT2D eigenvalue weighted by Crippen LogP contribution is 1.83. The van der Waals surface area contributed by atoms with Crippen LogP contribution in [-0.2, 0) is 0 Å². The van der Waals surface area contributed by atoms with Gasteiger partial charge >= 0.3 is 7.12 Å². The van der Waals surface area contributed by atoms with E-state index in [1.807, 2.05) is 0 Å². The van der Waals surface area contributed by atoms with E-state index in [-0.39, 0.29) is 11.2 Å². The molecule has 1 aromatic rings. The van der Waals surface area contributed by atoms with Crippen LogP contribution in [0.2, 0.25) is 0 Å².